The third-order valence-electron chi connectivity index (χ3n) is 6.24. The van der Waals surface area contributed by atoms with Gasteiger partial charge in [0.05, 0.1) is 18.9 Å². The van der Waals surface area contributed by atoms with E-state index in [1.165, 1.54) is 11.3 Å². The van der Waals surface area contributed by atoms with Crippen LogP contribution in [0.3, 0.4) is 0 Å². The Morgan fingerprint density at radius 2 is 1.53 bits per heavy atom. The number of rotatable bonds is 7. The molecule has 6 nitrogen and oxygen atoms in total. The summed E-state index contributed by atoms with van der Waals surface area (Å²) in [4.78, 5) is 14.4. The average molecular weight is 433 g/mol. The van der Waals surface area contributed by atoms with Crippen LogP contribution in [0.1, 0.15) is 27.9 Å². The molecule has 4 rings (SSSR count). The van der Waals surface area contributed by atoms with Crippen LogP contribution >= 0.6 is 0 Å². The zero-order valence-corrected chi connectivity index (χ0v) is 19.2. The number of fused-ring (bicyclic) bond motifs is 1. The van der Waals surface area contributed by atoms with Gasteiger partial charge in [0.2, 0.25) is 0 Å². The minimum absolute atomic E-state index is 0.000982. The highest BCUT2D eigenvalue weighted by Crippen LogP contribution is 2.34. The van der Waals surface area contributed by atoms with Gasteiger partial charge in [0.1, 0.15) is 5.82 Å². The van der Waals surface area contributed by atoms with Crippen molar-refractivity contribution in [3.63, 3.8) is 0 Å². The Hall–Kier alpha value is -2.96. The first-order chi connectivity index (χ1) is 15.5. The van der Waals surface area contributed by atoms with Gasteiger partial charge in [-0.15, -0.1) is 0 Å². The van der Waals surface area contributed by atoms with Gasteiger partial charge in [-0.2, -0.15) is 0 Å². The number of hydrogen-bond donors (Lipinski definition) is 2. The van der Waals surface area contributed by atoms with E-state index in [-0.39, 0.29) is 13.2 Å². The zero-order valence-electron chi connectivity index (χ0n) is 19.2. The first-order valence-electron chi connectivity index (χ1n) is 11.3. The molecule has 32 heavy (non-hydrogen) atoms. The number of nitrogens with zero attached hydrogens (tertiary/aromatic N) is 4. The van der Waals surface area contributed by atoms with Gasteiger partial charge in [0, 0.05) is 49.4 Å². The molecule has 1 aliphatic rings. The monoisotopic (exact) mass is 432 g/mol. The van der Waals surface area contributed by atoms with E-state index < -0.39 is 0 Å². The van der Waals surface area contributed by atoms with Crippen molar-refractivity contribution in [2.45, 2.75) is 33.7 Å². The quantitative estimate of drug-likeness (QED) is 0.596. The summed E-state index contributed by atoms with van der Waals surface area (Å²) in [5, 5.41) is 19.4. The van der Waals surface area contributed by atoms with E-state index in [1.54, 1.807) is 0 Å². The second-order valence-electron chi connectivity index (χ2n) is 8.46. The number of aliphatic hydroxyl groups is 2. The Labute approximate surface area is 190 Å². The lowest BCUT2D eigenvalue weighted by Gasteiger charge is -2.35. The summed E-state index contributed by atoms with van der Waals surface area (Å²) in [5.41, 5.74) is 7.95. The van der Waals surface area contributed by atoms with Gasteiger partial charge < -0.3 is 20.0 Å². The number of aromatic nitrogens is 2. The van der Waals surface area contributed by atoms with Crippen molar-refractivity contribution < 1.29 is 10.2 Å². The number of benzene rings is 2. The van der Waals surface area contributed by atoms with E-state index in [0.29, 0.717) is 19.6 Å². The van der Waals surface area contributed by atoms with E-state index in [4.69, 9.17) is 9.97 Å². The van der Waals surface area contributed by atoms with Crippen molar-refractivity contribution in [2.75, 3.05) is 42.6 Å². The molecule has 1 aliphatic heterocycles. The summed E-state index contributed by atoms with van der Waals surface area (Å²) in [6, 6.07) is 14.7. The predicted molar refractivity (Wildman–Crippen MR) is 129 cm³/mol. The van der Waals surface area contributed by atoms with Crippen LogP contribution in [0.2, 0.25) is 0 Å². The van der Waals surface area contributed by atoms with Gasteiger partial charge >= 0.3 is 0 Å². The third-order valence-corrected chi connectivity index (χ3v) is 6.24. The van der Waals surface area contributed by atoms with Crippen LogP contribution in [0.5, 0.6) is 0 Å². The third kappa shape index (κ3) is 4.33. The minimum Gasteiger partial charge on any atom is -0.395 e. The molecule has 2 heterocycles. The fourth-order valence-corrected chi connectivity index (χ4v) is 4.63. The van der Waals surface area contributed by atoms with Gasteiger partial charge in [-0.1, -0.05) is 36.4 Å². The SMILES string of the molecule is Cc1ccccc1N1CCc2nc(-c3c(C)cccc3C)nc(N(CCO)CCO)c2C1. The smallest absolute Gasteiger partial charge is 0.162 e. The highest BCUT2D eigenvalue weighted by Gasteiger charge is 2.27. The molecule has 0 fully saturated rings. The molecule has 3 aromatic rings. The molecule has 6 heteroatoms. The Kier molecular flexibility index (Phi) is 6.72. The van der Waals surface area contributed by atoms with Crippen molar-refractivity contribution in [1.29, 1.82) is 0 Å². The second kappa shape index (κ2) is 9.67. The molecular formula is C26H32N4O2. The molecule has 0 amide bonds. The van der Waals surface area contributed by atoms with Gasteiger partial charge in [0.15, 0.2) is 5.82 Å². The lowest BCUT2D eigenvalue weighted by atomic mass is 10.00. The predicted octanol–water partition coefficient (Wildman–Crippen LogP) is 3.42. The maximum atomic E-state index is 9.69. The Balaban J connectivity index is 1.84. The molecule has 0 radical (unpaired) electrons. The summed E-state index contributed by atoms with van der Waals surface area (Å²) in [6.45, 7) is 8.74. The van der Waals surface area contributed by atoms with Crippen LogP contribution in [0, 0.1) is 20.8 Å². The Morgan fingerprint density at radius 3 is 2.19 bits per heavy atom. The van der Waals surface area contributed by atoms with Gasteiger partial charge in [-0.3, -0.25) is 0 Å². The summed E-state index contributed by atoms with van der Waals surface area (Å²) in [7, 11) is 0. The van der Waals surface area contributed by atoms with Crippen molar-refractivity contribution in [2.24, 2.45) is 0 Å². The van der Waals surface area contributed by atoms with Crippen molar-refractivity contribution in [3.8, 4) is 11.4 Å². The molecule has 168 valence electrons. The molecule has 2 N–H and O–H groups in total. The van der Waals surface area contributed by atoms with Crippen LogP contribution < -0.4 is 9.80 Å². The number of aryl methyl sites for hydroxylation is 3. The molecule has 1 aromatic heterocycles. The Morgan fingerprint density at radius 1 is 0.875 bits per heavy atom. The topological polar surface area (TPSA) is 72.7 Å². The molecule has 0 saturated heterocycles. The van der Waals surface area contributed by atoms with Crippen LogP contribution in [-0.4, -0.2) is 53.0 Å². The fourth-order valence-electron chi connectivity index (χ4n) is 4.63. The van der Waals surface area contributed by atoms with E-state index >= 15 is 0 Å². The molecule has 0 bridgehead atoms. The van der Waals surface area contributed by atoms with Crippen LogP contribution in [0.25, 0.3) is 11.4 Å². The maximum absolute atomic E-state index is 9.69. The molecule has 0 atom stereocenters. The molecule has 0 unspecified atom stereocenters. The highest BCUT2D eigenvalue weighted by molar-refractivity contribution is 5.68. The summed E-state index contributed by atoms with van der Waals surface area (Å²) in [5.74, 6) is 1.54. The number of para-hydroxylation sites is 1. The zero-order chi connectivity index (χ0) is 22.7. The van der Waals surface area contributed by atoms with Gasteiger partial charge in [-0.25, -0.2) is 9.97 Å². The maximum Gasteiger partial charge on any atom is 0.162 e. The van der Waals surface area contributed by atoms with Gasteiger partial charge in [0.25, 0.3) is 0 Å². The second-order valence-corrected chi connectivity index (χ2v) is 8.46. The Bertz CT molecular complexity index is 1070. The van der Waals surface area contributed by atoms with Crippen molar-refractivity contribution in [1.82, 2.24) is 9.97 Å². The van der Waals surface area contributed by atoms with E-state index in [2.05, 4.69) is 68.1 Å². The van der Waals surface area contributed by atoms with E-state index in [1.807, 2.05) is 4.90 Å². The minimum atomic E-state index is -0.000982. The number of aliphatic hydroxyl groups excluding tert-OH is 2. The molecule has 2 aromatic carbocycles. The first kappa shape index (κ1) is 22.2. The number of hydrogen-bond acceptors (Lipinski definition) is 6. The van der Waals surface area contributed by atoms with E-state index in [0.717, 1.165) is 52.6 Å². The van der Waals surface area contributed by atoms with E-state index in [9.17, 15) is 10.2 Å². The molecule has 0 aliphatic carbocycles. The van der Waals surface area contributed by atoms with Crippen LogP contribution in [-0.2, 0) is 13.0 Å². The normalized spacial score (nSPS) is 13.2. The van der Waals surface area contributed by atoms with Crippen LogP contribution in [0.15, 0.2) is 42.5 Å². The summed E-state index contributed by atoms with van der Waals surface area (Å²) < 4.78 is 0. The standard InChI is InChI=1S/C26H32N4O2/c1-18-7-4-5-10-23(18)30-12-11-22-21(17-30)26(29(13-15-31)14-16-32)28-25(27-22)24-19(2)8-6-9-20(24)3/h4-10,31-32H,11-17H2,1-3H3. The lowest BCUT2D eigenvalue weighted by molar-refractivity contribution is 0.280. The highest BCUT2D eigenvalue weighted by atomic mass is 16.3. The average Bonchev–Trinajstić information content (AvgIpc) is 2.78. The number of anilines is 2. The van der Waals surface area contributed by atoms with Crippen molar-refractivity contribution >= 4 is 11.5 Å². The van der Waals surface area contributed by atoms with Crippen molar-refractivity contribution in [3.05, 3.63) is 70.4 Å². The summed E-state index contributed by atoms with van der Waals surface area (Å²) >= 11 is 0. The molecular weight excluding hydrogens is 400 g/mol. The first-order valence-corrected chi connectivity index (χ1v) is 11.3. The summed E-state index contributed by atoms with van der Waals surface area (Å²) in [6.07, 6.45) is 0.823. The van der Waals surface area contributed by atoms with Crippen LogP contribution in [0.4, 0.5) is 11.5 Å². The lowest BCUT2D eigenvalue weighted by Crippen LogP contribution is -2.37. The largest absolute Gasteiger partial charge is 0.395 e. The fraction of sp³-hybridized carbons (Fsp3) is 0.385. The molecule has 0 saturated carbocycles. The molecule has 0 spiro atoms. The van der Waals surface area contributed by atoms with Gasteiger partial charge in [-0.05, 0) is 43.5 Å².